The summed E-state index contributed by atoms with van der Waals surface area (Å²) in [6, 6.07) is 7.86. The van der Waals surface area contributed by atoms with Crippen molar-refractivity contribution in [2.45, 2.75) is 32.2 Å². The molecule has 3 aromatic heterocycles. The highest BCUT2D eigenvalue weighted by molar-refractivity contribution is 5.93. The van der Waals surface area contributed by atoms with Crippen molar-refractivity contribution in [1.82, 2.24) is 19.9 Å². The minimum absolute atomic E-state index is 0.0429. The standard InChI is InChI=1S/C22H23N5O2/c1-26-11-8-16-5-6-17(25-21(16)26)22(28)27-12-9-19-18(14-27)24-20(29-19)7-4-15-3-2-10-23-13-15/h2-3,5-6,10,13H,4,7-9,11-12,14H2,1H3. The van der Waals surface area contributed by atoms with E-state index in [9.17, 15) is 4.79 Å². The van der Waals surface area contributed by atoms with Gasteiger partial charge in [0.1, 0.15) is 23.0 Å². The molecule has 2 aliphatic heterocycles. The Morgan fingerprint density at radius 2 is 2.07 bits per heavy atom. The van der Waals surface area contributed by atoms with Crippen molar-refractivity contribution >= 4 is 11.7 Å². The molecule has 0 fully saturated rings. The number of amides is 1. The smallest absolute Gasteiger partial charge is 0.272 e. The second-order valence-corrected chi connectivity index (χ2v) is 7.67. The van der Waals surface area contributed by atoms with Gasteiger partial charge in [0.25, 0.3) is 5.91 Å². The normalized spacial score (nSPS) is 15.3. The zero-order valence-electron chi connectivity index (χ0n) is 16.5. The molecule has 29 heavy (non-hydrogen) atoms. The number of rotatable bonds is 4. The van der Waals surface area contributed by atoms with E-state index in [0.717, 1.165) is 54.5 Å². The van der Waals surface area contributed by atoms with Crippen molar-refractivity contribution in [3.8, 4) is 0 Å². The summed E-state index contributed by atoms with van der Waals surface area (Å²) in [4.78, 5) is 30.3. The van der Waals surface area contributed by atoms with Crippen molar-refractivity contribution in [3.05, 3.63) is 70.8 Å². The molecule has 0 N–H and O–H groups in total. The van der Waals surface area contributed by atoms with Gasteiger partial charge in [0.2, 0.25) is 0 Å². The van der Waals surface area contributed by atoms with Crippen molar-refractivity contribution in [1.29, 1.82) is 0 Å². The van der Waals surface area contributed by atoms with Crippen molar-refractivity contribution in [2.24, 2.45) is 0 Å². The minimum atomic E-state index is -0.0429. The number of nitrogens with zero attached hydrogens (tertiary/aromatic N) is 5. The Kier molecular flexibility index (Phi) is 4.50. The third-order valence-electron chi connectivity index (χ3n) is 5.66. The van der Waals surface area contributed by atoms with Gasteiger partial charge in [0.05, 0.1) is 6.54 Å². The fourth-order valence-electron chi connectivity index (χ4n) is 4.01. The van der Waals surface area contributed by atoms with Gasteiger partial charge in [-0.05, 0) is 36.1 Å². The maximum Gasteiger partial charge on any atom is 0.272 e. The van der Waals surface area contributed by atoms with Crippen LogP contribution < -0.4 is 4.90 Å². The molecule has 5 rings (SSSR count). The monoisotopic (exact) mass is 389 g/mol. The van der Waals surface area contributed by atoms with Crippen molar-refractivity contribution < 1.29 is 9.21 Å². The molecule has 0 bridgehead atoms. The molecule has 3 aromatic rings. The third-order valence-corrected chi connectivity index (χ3v) is 5.66. The lowest BCUT2D eigenvalue weighted by Crippen LogP contribution is -2.36. The summed E-state index contributed by atoms with van der Waals surface area (Å²) in [6.07, 6.45) is 6.87. The van der Waals surface area contributed by atoms with Gasteiger partial charge in [-0.2, -0.15) is 0 Å². The quantitative estimate of drug-likeness (QED) is 0.682. The van der Waals surface area contributed by atoms with E-state index in [2.05, 4.69) is 25.9 Å². The Hall–Kier alpha value is -3.22. The molecule has 2 aliphatic rings. The predicted octanol–water partition coefficient (Wildman–Crippen LogP) is 2.44. The molecule has 0 radical (unpaired) electrons. The van der Waals surface area contributed by atoms with Gasteiger partial charge in [-0.25, -0.2) is 9.97 Å². The molecular weight excluding hydrogens is 366 g/mol. The van der Waals surface area contributed by atoms with Gasteiger partial charge in [-0.15, -0.1) is 0 Å². The summed E-state index contributed by atoms with van der Waals surface area (Å²) >= 11 is 0. The molecule has 148 valence electrons. The Morgan fingerprint density at radius 1 is 1.14 bits per heavy atom. The summed E-state index contributed by atoms with van der Waals surface area (Å²) < 4.78 is 5.94. The second-order valence-electron chi connectivity index (χ2n) is 7.67. The highest BCUT2D eigenvalue weighted by atomic mass is 16.4. The van der Waals surface area contributed by atoms with E-state index in [1.807, 2.05) is 36.3 Å². The first-order valence-electron chi connectivity index (χ1n) is 10.0. The van der Waals surface area contributed by atoms with E-state index in [4.69, 9.17) is 4.42 Å². The van der Waals surface area contributed by atoms with E-state index in [1.165, 1.54) is 5.56 Å². The zero-order valence-corrected chi connectivity index (χ0v) is 16.5. The maximum atomic E-state index is 13.0. The van der Waals surface area contributed by atoms with Crippen LogP contribution in [0.25, 0.3) is 0 Å². The molecule has 7 nitrogen and oxygen atoms in total. The van der Waals surface area contributed by atoms with Crippen LogP contribution in [-0.4, -0.2) is 45.9 Å². The van der Waals surface area contributed by atoms with Gasteiger partial charge in [0.15, 0.2) is 5.89 Å². The number of hydrogen-bond donors (Lipinski definition) is 0. The van der Waals surface area contributed by atoms with Gasteiger partial charge < -0.3 is 14.2 Å². The lowest BCUT2D eigenvalue weighted by molar-refractivity contribution is 0.0722. The molecule has 0 aromatic carbocycles. The average molecular weight is 389 g/mol. The van der Waals surface area contributed by atoms with Crippen LogP contribution in [0.3, 0.4) is 0 Å². The van der Waals surface area contributed by atoms with E-state index < -0.39 is 0 Å². The number of aryl methyl sites for hydroxylation is 2. The molecule has 0 aliphatic carbocycles. The third kappa shape index (κ3) is 3.48. The van der Waals surface area contributed by atoms with Gasteiger partial charge in [0, 0.05) is 45.4 Å². The number of oxazole rings is 1. The number of likely N-dealkylation sites (N-methyl/N-ethyl adjacent to an activating group) is 1. The van der Waals surface area contributed by atoms with E-state index in [0.29, 0.717) is 25.2 Å². The molecule has 0 spiro atoms. The molecule has 0 unspecified atom stereocenters. The van der Waals surface area contributed by atoms with Crippen LogP contribution >= 0.6 is 0 Å². The summed E-state index contributed by atoms with van der Waals surface area (Å²) in [5.74, 6) is 2.51. The Labute approximate surface area is 169 Å². The molecule has 7 heteroatoms. The number of carbonyl (C=O) groups is 1. The highest BCUT2D eigenvalue weighted by Crippen LogP contribution is 2.26. The van der Waals surface area contributed by atoms with E-state index in [1.54, 1.807) is 6.20 Å². The number of pyridine rings is 2. The average Bonchev–Trinajstić information content (AvgIpc) is 3.34. The van der Waals surface area contributed by atoms with Crippen molar-refractivity contribution in [2.75, 3.05) is 25.0 Å². The fraction of sp³-hybridized carbons (Fsp3) is 0.364. The van der Waals surface area contributed by atoms with Crippen LogP contribution in [0.2, 0.25) is 0 Å². The van der Waals surface area contributed by atoms with E-state index >= 15 is 0 Å². The zero-order chi connectivity index (χ0) is 19.8. The van der Waals surface area contributed by atoms with Crippen LogP contribution in [-0.2, 0) is 32.2 Å². The molecule has 1 amide bonds. The summed E-state index contributed by atoms with van der Waals surface area (Å²) in [7, 11) is 2.02. The van der Waals surface area contributed by atoms with Crippen LogP contribution in [0.1, 0.15) is 39.0 Å². The number of carbonyl (C=O) groups excluding carboxylic acids is 1. The lowest BCUT2D eigenvalue weighted by atomic mass is 10.1. The fourth-order valence-corrected chi connectivity index (χ4v) is 4.01. The Balaban J connectivity index is 1.28. The first-order chi connectivity index (χ1) is 14.2. The van der Waals surface area contributed by atoms with Crippen LogP contribution in [0.15, 0.2) is 41.1 Å². The van der Waals surface area contributed by atoms with Crippen LogP contribution in [0, 0.1) is 0 Å². The number of hydrogen-bond acceptors (Lipinski definition) is 6. The topological polar surface area (TPSA) is 75.4 Å². The van der Waals surface area contributed by atoms with Crippen LogP contribution in [0.4, 0.5) is 5.82 Å². The number of aromatic nitrogens is 3. The molecule has 5 heterocycles. The summed E-state index contributed by atoms with van der Waals surface area (Å²) in [5.41, 5.74) is 3.73. The molecular formula is C22H23N5O2. The van der Waals surface area contributed by atoms with Crippen molar-refractivity contribution in [3.63, 3.8) is 0 Å². The Morgan fingerprint density at radius 3 is 2.93 bits per heavy atom. The first kappa shape index (κ1) is 17.8. The lowest BCUT2D eigenvalue weighted by Gasteiger charge is -2.25. The highest BCUT2D eigenvalue weighted by Gasteiger charge is 2.28. The minimum Gasteiger partial charge on any atom is -0.445 e. The summed E-state index contributed by atoms with van der Waals surface area (Å²) in [5, 5.41) is 0. The largest absolute Gasteiger partial charge is 0.445 e. The molecule has 0 saturated heterocycles. The summed E-state index contributed by atoms with van der Waals surface area (Å²) in [6.45, 7) is 2.05. The first-order valence-corrected chi connectivity index (χ1v) is 10.0. The Bertz CT molecular complexity index is 1050. The molecule has 0 atom stereocenters. The van der Waals surface area contributed by atoms with E-state index in [-0.39, 0.29) is 5.91 Å². The van der Waals surface area contributed by atoms with Gasteiger partial charge in [-0.1, -0.05) is 12.1 Å². The van der Waals surface area contributed by atoms with Gasteiger partial charge in [-0.3, -0.25) is 9.78 Å². The van der Waals surface area contributed by atoms with Gasteiger partial charge >= 0.3 is 0 Å². The SMILES string of the molecule is CN1CCc2ccc(C(=O)N3CCc4oc(CCc5cccnc5)nc4C3)nc21. The van der Waals surface area contributed by atoms with Crippen LogP contribution in [0.5, 0.6) is 0 Å². The number of fused-ring (bicyclic) bond motifs is 2. The number of anilines is 1. The second kappa shape index (κ2) is 7.31. The molecule has 0 saturated carbocycles. The maximum absolute atomic E-state index is 13.0. The predicted molar refractivity (Wildman–Crippen MR) is 108 cm³/mol.